The van der Waals surface area contributed by atoms with Crippen molar-refractivity contribution < 1.29 is 14.0 Å². The van der Waals surface area contributed by atoms with Gasteiger partial charge < -0.3 is 0 Å². The molecule has 7 heteroatoms. The van der Waals surface area contributed by atoms with Gasteiger partial charge in [-0.15, -0.1) is 11.3 Å². The fraction of sp³-hybridized carbons (Fsp3) is 0.0500. The van der Waals surface area contributed by atoms with Crippen LogP contribution in [-0.2, 0) is 4.79 Å². The SMILES string of the molecule is CC(=O)N(c1cccc(Cl)c1)c1nc(/C=C/C(=O)c2ccc(F)cc2)cs1. The number of nitrogens with zero attached hydrogens (tertiary/aromatic N) is 2. The Bertz CT molecular complexity index is 1010. The number of anilines is 2. The van der Waals surface area contributed by atoms with Crippen LogP contribution in [0.15, 0.2) is 60.0 Å². The number of rotatable bonds is 5. The second-order valence-electron chi connectivity index (χ2n) is 5.59. The van der Waals surface area contributed by atoms with Crippen molar-refractivity contribution in [2.45, 2.75) is 6.92 Å². The number of carbonyl (C=O) groups is 2. The van der Waals surface area contributed by atoms with Crippen LogP contribution in [0.1, 0.15) is 23.0 Å². The highest BCUT2D eigenvalue weighted by Crippen LogP contribution is 2.30. The van der Waals surface area contributed by atoms with Crippen LogP contribution < -0.4 is 4.90 Å². The number of thiazole rings is 1. The largest absolute Gasteiger partial charge is 0.289 e. The van der Waals surface area contributed by atoms with E-state index in [-0.39, 0.29) is 11.7 Å². The lowest BCUT2D eigenvalue weighted by Crippen LogP contribution is -2.22. The molecule has 0 unspecified atom stereocenters. The lowest BCUT2D eigenvalue weighted by atomic mass is 10.1. The lowest BCUT2D eigenvalue weighted by Gasteiger charge is -2.18. The number of aromatic nitrogens is 1. The molecule has 0 aliphatic rings. The van der Waals surface area contributed by atoms with E-state index in [0.717, 1.165) is 0 Å². The molecule has 0 aliphatic carbocycles. The number of ketones is 1. The molecular formula is C20H14ClFN2O2S. The maximum absolute atomic E-state index is 12.9. The van der Waals surface area contributed by atoms with Gasteiger partial charge in [-0.1, -0.05) is 17.7 Å². The number of hydrogen-bond acceptors (Lipinski definition) is 4. The molecule has 0 atom stereocenters. The number of allylic oxidation sites excluding steroid dienone is 1. The Balaban J connectivity index is 1.81. The highest BCUT2D eigenvalue weighted by molar-refractivity contribution is 7.14. The van der Waals surface area contributed by atoms with Crippen molar-refractivity contribution in [3.63, 3.8) is 0 Å². The molecule has 0 saturated heterocycles. The van der Waals surface area contributed by atoms with Gasteiger partial charge in [0.2, 0.25) is 5.91 Å². The van der Waals surface area contributed by atoms with E-state index in [1.807, 2.05) is 0 Å². The average Bonchev–Trinajstić information content (AvgIpc) is 3.08. The van der Waals surface area contributed by atoms with Crippen LogP contribution in [0.5, 0.6) is 0 Å². The summed E-state index contributed by atoms with van der Waals surface area (Å²) >= 11 is 7.29. The van der Waals surface area contributed by atoms with Gasteiger partial charge in [-0.2, -0.15) is 0 Å². The van der Waals surface area contributed by atoms with Gasteiger partial charge in [0, 0.05) is 22.9 Å². The fourth-order valence-corrected chi connectivity index (χ4v) is 3.41. The monoisotopic (exact) mass is 400 g/mol. The second-order valence-corrected chi connectivity index (χ2v) is 6.87. The Morgan fingerprint density at radius 2 is 1.93 bits per heavy atom. The first-order chi connectivity index (χ1) is 12.9. The van der Waals surface area contributed by atoms with E-state index in [1.165, 1.54) is 53.5 Å². The molecule has 3 rings (SSSR count). The maximum atomic E-state index is 12.9. The van der Waals surface area contributed by atoms with Crippen LogP contribution in [0.3, 0.4) is 0 Å². The molecule has 3 aromatic rings. The van der Waals surface area contributed by atoms with E-state index in [2.05, 4.69) is 4.98 Å². The van der Waals surface area contributed by atoms with Crippen LogP contribution in [0.4, 0.5) is 15.2 Å². The standard InChI is InChI=1S/C20H14ClFN2O2S/c1-13(25)24(18-4-2-3-15(21)11-18)20-23-17(12-27-20)9-10-19(26)14-5-7-16(22)8-6-14/h2-12H,1H3/b10-9+. The highest BCUT2D eigenvalue weighted by Gasteiger charge is 2.17. The molecule has 0 fully saturated rings. The summed E-state index contributed by atoms with van der Waals surface area (Å²) in [6, 6.07) is 12.2. The summed E-state index contributed by atoms with van der Waals surface area (Å²) in [4.78, 5) is 30.1. The Kier molecular flexibility index (Phi) is 5.78. The first-order valence-electron chi connectivity index (χ1n) is 7.94. The maximum Gasteiger partial charge on any atom is 0.230 e. The number of hydrogen-bond donors (Lipinski definition) is 0. The zero-order valence-electron chi connectivity index (χ0n) is 14.2. The zero-order chi connectivity index (χ0) is 19.4. The van der Waals surface area contributed by atoms with E-state index in [0.29, 0.717) is 27.1 Å². The molecule has 1 aromatic heterocycles. The summed E-state index contributed by atoms with van der Waals surface area (Å²) in [5.41, 5.74) is 1.54. The van der Waals surface area contributed by atoms with E-state index in [9.17, 15) is 14.0 Å². The van der Waals surface area contributed by atoms with Crippen molar-refractivity contribution in [2.24, 2.45) is 0 Å². The van der Waals surface area contributed by atoms with Crippen LogP contribution in [0.2, 0.25) is 5.02 Å². The van der Waals surface area contributed by atoms with Gasteiger partial charge in [-0.3, -0.25) is 14.5 Å². The Hall–Kier alpha value is -2.83. The molecule has 0 spiro atoms. The Morgan fingerprint density at radius 1 is 1.19 bits per heavy atom. The molecule has 0 saturated carbocycles. The van der Waals surface area contributed by atoms with Crippen molar-refractivity contribution in [1.82, 2.24) is 4.98 Å². The number of benzene rings is 2. The number of amides is 1. The topological polar surface area (TPSA) is 50.3 Å². The minimum Gasteiger partial charge on any atom is -0.289 e. The first-order valence-corrected chi connectivity index (χ1v) is 9.19. The Morgan fingerprint density at radius 3 is 2.59 bits per heavy atom. The summed E-state index contributed by atoms with van der Waals surface area (Å²) in [6.45, 7) is 1.44. The third-order valence-electron chi connectivity index (χ3n) is 3.62. The Labute approximate surface area is 164 Å². The van der Waals surface area contributed by atoms with Gasteiger partial charge in [0.1, 0.15) is 5.82 Å². The summed E-state index contributed by atoms with van der Waals surface area (Å²) in [5.74, 6) is -0.864. The highest BCUT2D eigenvalue weighted by atomic mass is 35.5. The third kappa shape index (κ3) is 4.67. The molecule has 0 N–H and O–H groups in total. The minimum atomic E-state index is -0.398. The van der Waals surface area contributed by atoms with Gasteiger partial charge in [0.15, 0.2) is 10.9 Å². The molecule has 1 heterocycles. The molecule has 136 valence electrons. The van der Waals surface area contributed by atoms with Crippen LogP contribution in [-0.4, -0.2) is 16.7 Å². The van der Waals surface area contributed by atoms with Gasteiger partial charge in [0.05, 0.1) is 11.4 Å². The summed E-state index contributed by atoms with van der Waals surface area (Å²) < 4.78 is 12.9. The number of halogens is 2. The molecular weight excluding hydrogens is 387 g/mol. The molecule has 4 nitrogen and oxygen atoms in total. The average molecular weight is 401 g/mol. The lowest BCUT2D eigenvalue weighted by molar-refractivity contribution is -0.115. The summed E-state index contributed by atoms with van der Waals surface area (Å²) in [7, 11) is 0. The zero-order valence-corrected chi connectivity index (χ0v) is 15.8. The van der Waals surface area contributed by atoms with Gasteiger partial charge in [-0.25, -0.2) is 9.37 Å². The van der Waals surface area contributed by atoms with E-state index in [1.54, 1.807) is 35.7 Å². The van der Waals surface area contributed by atoms with E-state index < -0.39 is 5.82 Å². The molecule has 2 aromatic carbocycles. The third-order valence-corrected chi connectivity index (χ3v) is 4.70. The van der Waals surface area contributed by atoms with Crippen molar-refractivity contribution in [2.75, 3.05) is 4.90 Å². The fourth-order valence-electron chi connectivity index (χ4n) is 2.37. The van der Waals surface area contributed by atoms with Gasteiger partial charge >= 0.3 is 0 Å². The van der Waals surface area contributed by atoms with Crippen molar-refractivity contribution in [3.8, 4) is 0 Å². The van der Waals surface area contributed by atoms with Gasteiger partial charge in [-0.05, 0) is 54.6 Å². The first kappa shape index (κ1) is 18.9. The van der Waals surface area contributed by atoms with Crippen molar-refractivity contribution in [3.05, 3.63) is 82.1 Å². The summed E-state index contributed by atoms with van der Waals surface area (Å²) in [5, 5.41) is 2.73. The quantitative estimate of drug-likeness (QED) is 0.418. The van der Waals surface area contributed by atoms with Crippen LogP contribution >= 0.6 is 22.9 Å². The second kappa shape index (κ2) is 8.24. The molecule has 27 heavy (non-hydrogen) atoms. The van der Waals surface area contributed by atoms with E-state index >= 15 is 0 Å². The molecule has 0 radical (unpaired) electrons. The predicted molar refractivity (Wildman–Crippen MR) is 106 cm³/mol. The molecule has 0 bridgehead atoms. The smallest absolute Gasteiger partial charge is 0.230 e. The van der Waals surface area contributed by atoms with Gasteiger partial charge in [0.25, 0.3) is 0 Å². The number of carbonyl (C=O) groups excluding carboxylic acids is 2. The minimum absolute atomic E-state index is 0.204. The normalized spacial score (nSPS) is 10.9. The van der Waals surface area contributed by atoms with Crippen LogP contribution in [0, 0.1) is 5.82 Å². The molecule has 1 amide bonds. The molecule has 0 aliphatic heterocycles. The van der Waals surface area contributed by atoms with Crippen LogP contribution in [0.25, 0.3) is 6.08 Å². The van der Waals surface area contributed by atoms with Crippen molar-refractivity contribution >= 4 is 51.5 Å². The predicted octanol–water partition coefficient (Wildman–Crippen LogP) is 5.52. The van der Waals surface area contributed by atoms with Crippen molar-refractivity contribution in [1.29, 1.82) is 0 Å². The van der Waals surface area contributed by atoms with E-state index in [4.69, 9.17) is 11.6 Å². The summed E-state index contributed by atoms with van der Waals surface area (Å²) in [6.07, 6.45) is 2.92.